The van der Waals surface area contributed by atoms with Gasteiger partial charge in [-0.25, -0.2) is 4.79 Å². The van der Waals surface area contributed by atoms with Gasteiger partial charge in [-0.3, -0.25) is 0 Å². The minimum absolute atomic E-state index is 0.177. The zero-order valence-corrected chi connectivity index (χ0v) is 10.4. The zero-order valence-electron chi connectivity index (χ0n) is 10.4. The second-order valence-corrected chi connectivity index (χ2v) is 5.18. The molecule has 1 aliphatic carbocycles. The summed E-state index contributed by atoms with van der Waals surface area (Å²) in [4.78, 5) is 14.1. The van der Waals surface area contributed by atoms with Gasteiger partial charge < -0.3 is 10.2 Å². The number of likely N-dealkylation sites (tertiary alicyclic amines) is 1. The molecule has 3 nitrogen and oxygen atoms in total. The van der Waals surface area contributed by atoms with E-state index in [2.05, 4.69) is 17.1 Å². The SMILES string of the molecule is CCCNC(=O)N1CCCC1C1CCCC1. The molecule has 0 aromatic rings. The number of carbonyl (C=O) groups is 1. The van der Waals surface area contributed by atoms with E-state index < -0.39 is 0 Å². The van der Waals surface area contributed by atoms with Crippen LogP contribution in [0.4, 0.5) is 4.79 Å². The molecule has 1 saturated carbocycles. The number of nitrogens with one attached hydrogen (secondary N) is 1. The van der Waals surface area contributed by atoms with E-state index in [0.717, 1.165) is 25.4 Å². The Bertz CT molecular complexity index is 236. The van der Waals surface area contributed by atoms with Crippen LogP contribution in [0.3, 0.4) is 0 Å². The van der Waals surface area contributed by atoms with Crippen molar-refractivity contribution in [2.24, 2.45) is 5.92 Å². The summed E-state index contributed by atoms with van der Waals surface area (Å²) >= 11 is 0. The van der Waals surface area contributed by atoms with E-state index in [1.807, 2.05) is 0 Å². The molecular weight excluding hydrogens is 200 g/mol. The number of carbonyl (C=O) groups excluding carboxylic acids is 1. The van der Waals surface area contributed by atoms with Gasteiger partial charge in [0, 0.05) is 19.1 Å². The van der Waals surface area contributed by atoms with E-state index >= 15 is 0 Å². The maximum atomic E-state index is 12.0. The van der Waals surface area contributed by atoms with Gasteiger partial charge in [0.15, 0.2) is 0 Å². The lowest BCUT2D eigenvalue weighted by molar-refractivity contribution is 0.173. The molecule has 0 bridgehead atoms. The number of amides is 2. The van der Waals surface area contributed by atoms with Crippen molar-refractivity contribution in [3.05, 3.63) is 0 Å². The Morgan fingerprint density at radius 3 is 2.69 bits per heavy atom. The molecule has 2 amide bonds. The van der Waals surface area contributed by atoms with Crippen LogP contribution in [0.25, 0.3) is 0 Å². The Hall–Kier alpha value is -0.730. The molecule has 0 aromatic carbocycles. The highest BCUT2D eigenvalue weighted by Gasteiger charge is 2.35. The molecule has 2 aliphatic rings. The summed E-state index contributed by atoms with van der Waals surface area (Å²) in [7, 11) is 0. The van der Waals surface area contributed by atoms with Crippen LogP contribution in [-0.2, 0) is 0 Å². The quantitative estimate of drug-likeness (QED) is 0.785. The summed E-state index contributed by atoms with van der Waals surface area (Å²) in [6.07, 6.45) is 8.85. The molecule has 1 heterocycles. The van der Waals surface area contributed by atoms with Crippen LogP contribution in [0.1, 0.15) is 51.9 Å². The molecule has 1 unspecified atom stereocenters. The fraction of sp³-hybridized carbons (Fsp3) is 0.923. The second kappa shape index (κ2) is 5.55. The van der Waals surface area contributed by atoms with Gasteiger partial charge in [-0.2, -0.15) is 0 Å². The summed E-state index contributed by atoms with van der Waals surface area (Å²) in [6, 6.07) is 0.718. The average molecular weight is 224 g/mol. The van der Waals surface area contributed by atoms with Crippen molar-refractivity contribution < 1.29 is 4.79 Å². The van der Waals surface area contributed by atoms with Gasteiger partial charge in [-0.05, 0) is 38.0 Å². The van der Waals surface area contributed by atoms with Crippen LogP contribution in [0, 0.1) is 5.92 Å². The lowest BCUT2D eigenvalue weighted by atomic mass is 9.96. The molecule has 1 aliphatic heterocycles. The third-order valence-corrected chi connectivity index (χ3v) is 4.03. The summed E-state index contributed by atoms with van der Waals surface area (Å²) < 4.78 is 0. The maximum absolute atomic E-state index is 12.0. The standard InChI is InChI=1S/C13H24N2O/c1-2-9-14-13(16)15-10-5-8-12(15)11-6-3-4-7-11/h11-12H,2-10H2,1H3,(H,14,16). The Morgan fingerprint density at radius 2 is 2.00 bits per heavy atom. The van der Waals surface area contributed by atoms with Crippen LogP contribution in [0.2, 0.25) is 0 Å². The molecule has 1 saturated heterocycles. The lowest BCUT2D eigenvalue weighted by Gasteiger charge is -2.29. The summed E-state index contributed by atoms with van der Waals surface area (Å²) in [6.45, 7) is 3.88. The number of urea groups is 1. The maximum Gasteiger partial charge on any atom is 0.317 e. The minimum atomic E-state index is 0.177. The molecule has 92 valence electrons. The van der Waals surface area contributed by atoms with Gasteiger partial charge in [0.2, 0.25) is 0 Å². The van der Waals surface area contributed by atoms with E-state index in [9.17, 15) is 4.79 Å². The fourth-order valence-corrected chi connectivity index (χ4v) is 3.21. The summed E-state index contributed by atoms with van der Waals surface area (Å²) in [5, 5.41) is 3.01. The number of hydrogen-bond donors (Lipinski definition) is 1. The largest absolute Gasteiger partial charge is 0.338 e. The molecular formula is C13H24N2O. The van der Waals surface area contributed by atoms with Crippen molar-refractivity contribution in [2.75, 3.05) is 13.1 Å². The van der Waals surface area contributed by atoms with Crippen molar-refractivity contribution in [1.82, 2.24) is 10.2 Å². The van der Waals surface area contributed by atoms with Gasteiger partial charge in [-0.1, -0.05) is 19.8 Å². The highest BCUT2D eigenvalue weighted by molar-refractivity contribution is 5.74. The zero-order chi connectivity index (χ0) is 11.4. The van der Waals surface area contributed by atoms with Gasteiger partial charge in [0.05, 0.1) is 0 Å². The van der Waals surface area contributed by atoms with Gasteiger partial charge in [0.25, 0.3) is 0 Å². The smallest absolute Gasteiger partial charge is 0.317 e. The number of nitrogens with zero attached hydrogens (tertiary/aromatic N) is 1. The Labute approximate surface area is 98.6 Å². The molecule has 2 rings (SSSR count). The summed E-state index contributed by atoms with van der Waals surface area (Å²) in [5.41, 5.74) is 0. The van der Waals surface area contributed by atoms with Crippen LogP contribution < -0.4 is 5.32 Å². The van der Waals surface area contributed by atoms with Crippen molar-refractivity contribution in [3.63, 3.8) is 0 Å². The number of rotatable bonds is 3. The average Bonchev–Trinajstić information content (AvgIpc) is 2.94. The molecule has 2 fully saturated rings. The normalized spacial score (nSPS) is 26.3. The van der Waals surface area contributed by atoms with Gasteiger partial charge in [0.1, 0.15) is 0 Å². The first-order chi connectivity index (χ1) is 7.83. The first-order valence-electron chi connectivity index (χ1n) is 6.87. The van der Waals surface area contributed by atoms with E-state index in [0.29, 0.717) is 6.04 Å². The van der Waals surface area contributed by atoms with Crippen LogP contribution in [-0.4, -0.2) is 30.1 Å². The highest BCUT2D eigenvalue weighted by Crippen LogP contribution is 2.35. The van der Waals surface area contributed by atoms with E-state index in [1.54, 1.807) is 0 Å². The highest BCUT2D eigenvalue weighted by atomic mass is 16.2. The Kier molecular flexibility index (Phi) is 4.08. The predicted molar refractivity (Wildman–Crippen MR) is 65.4 cm³/mol. The third-order valence-electron chi connectivity index (χ3n) is 4.03. The predicted octanol–water partition coefficient (Wildman–Crippen LogP) is 2.76. The second-order valence-electron chi connectivity index (χ2n) is 5.18. The molecule has 0 radical (unpaired) electrons. The van der Waals surface area contributed by atoms with Crippen molar-refractivity contribution in [1.29, 1.82) is 0 Å². The van der Waals surface area contributed by atoms with Crippen LogP contribution >= 0.6 is 0 Å². The Morgan fingerprint density at radius 1 is 1.25 bits per heavy atom. The topological polar surface area (TPSA) is 32.3 Å². The van der Waals surface area contributed by atoms with Crippen LogP contribution in [0.15, 0.2) is 0 Å². The molecule has 1 atom stereocenters. The fourth-order valence-electron chi connectivity index (χ4n) is 3.21. The Balaban J connectivity index is 1.89. The monoisotopic (exact) mass is 224 g/mol. The minimum Gasteiger partial charge on any atom is -0.338 e. The van der Waals surface area contributed by atoms with E-state index in [4.69, 9.17) is 0 Å². The lowest BCUT2D eigenvalue weighted by Crippen LogP contribution is -2.45. The number of hydrogen-bond acceptors (Lipinski definition) is 1. The first-order valence-corrected chi connectivity index (χ1v) is 6.87. The molecule has 0 aromatic heterocycles. The van der Waals surface area contributed by atoms with Gasteiger partial charge >= 0.3 is 6.03 Å². The molecule has 0 spiro atoms. The first kappa shape index (κ1) is 11.7. The molecule has 3 heteroatoms. The van der Waals surface area contributed by atoms with Crippen molar-refractivity contribution in [3.8, 4) is 0 Å². The van der Waals surface area contributed by atoms with Crippen LogP contribution in [0.5, 0.6) is 0 Å². The van der Waals surface area contributed by atoms with Crippen molar-refractivity contribution >= 4 is 6.03 Å². The third kappa shape index (κ3) is 2.50. The van der Waals surface area contributed by atoms with Crippen molar-refractivity contribution in [2.45, 2.75) is 57.9 Å². The van der Waals surface area contributed by atoms with Gasteiger partial charge in [-0.15, -0.1) is 0 Å². The molecule has 16 heavy (non-hydrogen) atoms. The molecule has 1 N–H and O–H groups in total. The van der Waals surface area contributed by atoms with E-state index in [-0.39, 0.29) is 6.03 Å². The van der Waals surface area contributed by atoms with E-state index in [1.165, 1.54) is 38.5 Å². The summed E-state index contributed by atoms with van der Waals surface area (Å²) in [5.74, 6) is 0.787.